The van der Waals surface area contributed by atoms with Crippen LogP contribution in [-0.2, 0) is 9.59 Å². The number of hydrogen-bond donors (Lipinski definition) is 1. The van der Waals surface area contributed by atoms with E-state index in [1.807, 2.05) is 66.7 Å². The number of allylic oxidation sites excluding steroid dienone is 2. The number of benzene rings is 2. The molecule has 2 aromatic carbocycles. The van der Waals surface area contributed by atoms with Gasteiger partial charge >= 0.3 is 0 Å². The summed E-state index contributed by atoms with van der Waals surface area (Å²) in [4.78, 5) is 26.8. The zero-order valence-electron chi connectivity index (χ0n) is 15.5. The van der Waals surface area contributed by atoms with Gasteiger partial charge in [0.05, 0.1) is 4.91 Å². The van der Waals surface area contributed by atoms with E-state index >= 15 is 0 Å². The van der Waals surface area contributed by atoms with Crippen molar-refractivity contribution in [1.82, 2.24) is 4.90 Å². The second-order valence-electron chi connectivity index (χ2n) is 6.28. The fraction of sp³-hybridized carbons (Fsp3) is 0.136. The molecule has 1 saturated heterocycles. The molecule has 1 aliphatic heterocycles. The molecule has 29 heavy (non-hydrogen) atoms. The topological polar surface area (TPSA) is 49.4 Å². The highest BCUT2D eigenvalue weighted by atomic mass is 127. The third-order valence-corrected chi connectivity index (χ3v) is 6.24. The molecule has 0 saturated carbocycles. The number of nitrogens with one attached hydrogen (secondary N) is 1. The van der Waals surface area contributed by atoms with E-state index < -0.39 is 0 Å². The van der Waals surface area contributed by atoms with Crippen LogP contribution in [0.1, 0.15) is 18.4 Å². The fourth-order valence-electron chi connectivity index (χ4n) is 2.67. The van der Waals surface area contributed by atoms with Gasteiger partial charge in [0, 0.05) is 22.2 Å². The minimum atomic E-state index is -0.101. The van der Waals surface area contributed by atoms with Gasteiger partial charge in [-0.1, -0.05) is 66.5 Å². The molecule has 0 unspecified atom stereocenters. The first-order valence-corrected chi connectivity index (χ1v) is 11.4. The van der Waals surface area contributed by atoms with Crippen LogP contribution in [0.3, 0.4) is 0 Å². The van der Waals surface area contributed by atoms with E-state index in [0.717, 1.165) is 14.8 Å². The largest absolute Gasteiger partial charge is 0.326 e. The Morgan fingerprint density at radius 2 is 1.86 bits per heavy atom. The Hall–Kier alpha value is -1.97. The van der Waals surface area contributed by atoms with Crippen LogP contribution in [0.15, 0.2) is 71.7 Å². The Labute approximate surface area is 193 Å². The van der Waals surface area contributed by atoms with Crippen molar-refractivity contribution in [1.29, 1.82) is 0 Å². The quantitative estimate of drug-likeness (QED) is 0.291. The van der Waals surface area contributed by atoms with Crippen LogP contribution in [0.5, 0.6) is 0 Å². The summed E-state index contributed by atoms with van der Waals surface area (Å²) in [5.41, 5.74) is 1.84. The average molecular weight is 534 g/mol. The molecule has 4 nitrogen and oxygen atoms in total. The molecule has 0 radical (unpaired) electrons. The summed E-state index contributed by atoms with van der Waals surface area (Å²) in [5, 5.41) is 2.86. The highest BCUT2D eigenvalue weighted by Crippen LogP contribution is 2.31. The molecule has 2 amide bonds. The lowest BCUT2D eigenvalue weighted by Gasteiger charge is -2.14. The van der Waals surface area contributed by atoms with E-state index in [-0.39, 0.29) is 11.8 Å². The number of carbonyl (C=O) groups is 2. The van der Waals surface area contributed by atoms with Crippen molar-refractivity contribution in [3.05, 3.63) is 80.8 Å². The van der Waals surface area contributed by atoms with E-state index in [1.54, 1.807) is 11.0 Å². The maximum atomic E-state index is 12.6. The number of rotatable bonds is 7. The molecule has 1 aliphatic rings. The van der Waals surface area contributed by atoms with Crippen LogP contribution >= 0.6 is 46.6 Å². The molecule has 0 bridgehead atoms. The van der Waals surface area contributed by atoms with Gasteiger partial charge in [0.25, 0.3) is 5.91 Å². The van der Waals surface area contributed by atoms with Crippen molar-refractivity contribution in [2.24, 2.45) is 0 Å². The van der Waals surface area contributed by atoms with Crippen molar-refractivity contribution in [3.63, 3.8) is 0 Å². The molecule has 7 heteroatoms. The zero-order chi connectivity index (χ0) is 20.6. The predicted octanol–water partition coefficient (Wildman–Crippen LogP) is 5.47. The van der Waals surface area contributed by atoms with E-state index in [4.69, 9.17) is 12.2 Å². The van der Waals surface area contributed by atoms with Crippen LogP contribution in [0.2, 0.25) is 0 Å². The molecule has 2 aromatic rings. The zero-order valence-corrected chi connectivity index (χ0v) is 19.3. The van der Waals surface area contributed by atoms with Gasteiger partial charge in [-0.3, -0.25) is 14.5 Å². The van der Waals surface area contributed by atoms with E-state index in [0.29, 0.717) is 28.6 Å². The van der Waals surface area contributed by atoms with Gasteiger partial charge in [-0.15, -0.1) is 0 Å². The maximum absolute atomic E-state index is 12.6. The minimum Gasteiger partial charge on any atom is -0.326 e. The smallest absolute Gasteiger partial charge is 0.266 e. The fourth-order valence-corrected chi connectivity index (χ4v) is 4.29. The molecule has 0 spiro atoms. The van der Waals surface area contributed by atoms with E-state index in [1.165, 1.54) is 11.8 Å². The van der Waals surface area contributed by atoms with E-state index in [9.17, 15) is 9.59 Å². The Bertz CT molecular complexity index is 957. The molecular formula is C22H19IN2O2S2. The summed E-state index contributed by atoms with van der Waals surface area (Å²) in [5.74, 6) is -0.172. The Balaban J connectivity index is 1.48. The molecule has 3 rings (SSSR count). The second kappa shape index (κ2) is 10.7. The van der Waals surface area contributed by atoms with Crippen LogP contribution in [0.4, 0.5) is 5.69 Å². The third kappa shape index (κ3) is 6.52. The number of amides is 2. The lowest BCUT2D eigenvalue weighted by molar-refractivity contribution is -0.122. The number of anilines is 1. The lowest BCUT2D eigenvalue weighted by Crippen LogP contribution is -2.29. The number of carbonyl (C=O) groups excluding carboxylic acids is 2. The van der Waals surface area contributed by atoms with E-state index in [2.05, 4.69) is 27.9 Å². The number of nitrogens with zero attached hydrogens (tertiary/aromatic N) is 1. The number of hydrogen-bond acceptors (Lipinski definition) is 4. The van der Waals surface area contributed by atoms with Gasteiger partial charge in [0.1, 0.15) is 4.32 Å². The molecule has 148 valence electrons. The van der Waals surface area contributed by atoms with Gasteiger partial charge in [-0.25, -0.2) is 0 Å². The molecule has 0 aliphatic carbocycles. The first-order valence-electron chi connectivity index (χ1n) is 9.05. The maximum Gasteiger partial charge on any atom is 0.266 e. The van der Waals surface area contributed by atoms with Crippen molar-refractivity contribution >= 4 is 74.5 Å². The summed E-state index contributed by atoms with van der Waals surface area (Å²) < 4.78 is 1.65. The van der Waals surface area contributed by atoms with Crippen molar-refractivity contribution in [3.8, 4) is 0 Å². The van der Waals surface area contributed by atoms with Crippen LogP contribution in [-0.4, -0.2) is 27.6 Å². The number of thioether (sulfide) groups is 1. The standard InChI is InChI=1S/C22H19IN2O2S2/c23-17-11-13-18(14-12-17)24-20(26)10-5-15-25-21(27)19(29-22(25)28)9-4-8-16-6-2-1-3-7-16/h1-4,6-9,11-14H,5,10,15H2,(H,24,26)/b8-4+,19-9-. The van der Waals surface area contributed by atoms with Gasteiger partial charge in [-0.05, 0) is 64.9 Å². The molecular weight excluding hydrogens is 515 g/mol. The first kappa shape index (κ1) is 21.7. The van der Waals surface area contributed by atoms with Crippen molar-refractivity contribution in [2.75, 3.05) is 11.9 Å². The van der Waals surface area contributed by atoms with Crippen LogP contribution < -0.4 is 5.32 Å². The summed E-state index contributed by atoms with van der Waals surface area (Å²) in [6.45, 7) is 0.435. The molecule has 1 heterocycles. The Morgan fingerprint density at radius 1 is 1.14 bits per heavy atom. The monoisotopic (exact) mass is 534 g/mol. The van der Waals surface area contributed by atoms with Gasteiger partial charge in [0.15, 0.2) is 0 Å². The lowest BCUT2D eigenvalue weighted by atomic mass is 10.2. The molecule has 1 fully saturated rings. The summed E-state index contributed by atoms with van der Waals surface area (Å²) >= 11 is 8.85. The highest BCUT2D eigenvalue weighted by molar-refractivity contribution is 14.1. The van der Waals surface area contributed by atoms with Crippen LogP contribution in [0.25, 0.3) is 6.08 Å². The first-order chi connectivity index (χ1) is 14.0. The molecule has 0 aromatic heterocycles. The number of thiocarbonyl (C=S) groups is 1. The van der Waals surface area contributed by atoms with Crippen molar-refractivity contribution in [2.45, 2.75) is 12.8 Å². The molecule has 1 N–H and O–H groups in total. The van der Waals surface area contributed by atoms with Crippen LogP contribution in [0, 0.1) is 3.57 Å². The highest BCUT2D eigenvalue weighted by Gasteiger charge is 2.31. The Kier molecular flexibility index (Phi) is 8.02. The minimum absolute atomic E-state index is 0.0713. The SMILES string of the molecule is O=C(CCCN1C(=O)/C(=C/C=C/c2ccccc2)SC1=S)Nc1ccc(I)cc1. The van der Waals surface area contributed by atoms with Gasteiger partial charge < -0.3 is 5.32 Å². The van der Waals surface area contributed by atoms with Crippen molar-refractivity contribution < 1.29 is 9.59 Å². The van der Waals surface area contributed by atoms with Gasteiger partial charge in [0.2, 0.25) is 5.91 Å². The summed E-state index contributed by atoms with van der Waals surface area (Å²) in [7, 11) is 0. The molecule has 0 atom stereocenters. The average Bonchev–Trinajstić information content (AvgIpc) is 2.98. The van der Waals surface area contributed by atoms with Gasteiger partial charge in [-0.2, -0.15) is 0 Å². The third-order valence-electron chi connectivity index (χ3n) is 4.12. The second-order valence-corrected chi connectivity index (χ2v) is 9.21. The Morgan fingerprint density at radius 3 is 2.59 bits per heavy atom. The predicted molar refractivity (Wildman–Crippen MR) is 132 cm³/mol. The summed E-state index contributed by atoms with van der Waals surface area (Å²) in [6, 6.07) is 17.5. The number of halogens is 1. The normalized spacial score (nSPS) is 15.5. The summed E-state index contributed by atoms with van der Waals surface area (Å²) in [6.07, 6.45) is 6.47.